The molecule has 1 heterocycles. The first-order valence-electron chi connectivity index (χ1n) is 5.91. The van der Waals surface area contributed by atoms with Crippen molar-refractivity contribution in [2.24, 2.45) is 0 Å². The number of carboxylic acid groups (broad SMARTS) is 1. The molecule has 0 saturated carbocycles. The van der Waals surface area contributed by atoms with Gasteiger partial charge in [-0.1, -0.05) is 22.0 Å². The number of sulfonamides is 1. The van der Waals surface area contributed by atoms with E-state index in [2.05, 4.69) is 20.7 Å². The summed E-state index contributed by atoms with van der Waals surface area (Å²) in [6.07, 6.45) is -0.309. The maximum absolute atomic E-state index is 12.3. The van der Waals surface area contributed by atoms with E-state index in [9.17, 15) is 13.2 Å². The quantitative estimate of drug-likeness (QED) is 0.794. The Bertz CT molecular complexity index is 711. The second-order valence-electron chi connectivity index (χ2n) is 4.24. The van der Waals surface area contributed by atoms with E-state index in [1.54, 1.807) is 29.6 Å². The van der Waals surface area contributed by atoms with Crippen LogP contribution in [0, 0.1) is 0 Å². The first-order chi connectivity index (χ1) is 9.88. The molecule has 2 N–H and O–H groups in total. The van der Waals surface area contributed by atoms with E-state index in [1.165, 1.54) is 23.5 Å². The first kappa shape index (κ1) is 16.2. The third-order valence-corrected chi connectivity index (χ3v) is 5.69. The van der Waals surface area contributed by atoms with Crippen LogP contribution >= 0.6 is 27.3 Å². The summed E-state index contributed by atoms with van der Waals surface area (Å²) >= 11 is 4.55. The molecule has 0 bridgehead atoms. The SMILES string of the molecule is O=C(O)C[C@@H](NS(=O)(=O)c1ccc(Br)cc1)c1cccs1. The Kier molecular flexibility index (Phi) is 5.15. The lowest BCUT2D eigenvalue weighted by Crippen LogP contribution is -2.29. The van der Waals surface area contributed by atoms with Crippen molar-refractivity contribution >= 4 is 43.3 Å². The molecule has 2 aromatic rings. The van der Waals surface area contributed by atoms with Crippen molar-refractivity contribution < 1.29 is 18.3 Å². The van der Waals surface area contributed by atoms with Gasteiger partial charge < -0.3 is 5.11 Å². The molecular weight excluding hydrogens is 378 g/mol. The zero-order valence-corrected chi connectivity index (χ0v) is 13.9. The van der Waals surface area contributed by atoms with Gasteiger partial charge in [0, 0.05) is 9.35 Å². The number of nitrogens with one attached hydrogen (secondary N) is 1. The van der Waals surface area contributed by atoms with E-state index in [-0.39, 0.29) is 11.3 Å². The molecule has 112 valence electrons. The molecule has 1 atom stereocenters. The van der Waals surface area contributed by atoms with Crippen molar-refractivity contribution in [3.8, 4) is 0 Å². The molecule has 0 amide bonds. The zero-order valence-electron chi connectivity index (χ0n) is 10.7. The Hall–Kier alpha value is -1.22. The monoisotopic (exact) mass is 389 g/mol. The number of rotatable bonds is 6. The smallest absolute Gasteiger partial charge is 0.305 e. The van der Waals surface area contributed by atoms with Crippen molar-refractivity contribution in [3.05, 3.63) is 51.1 Å². The zero-order chi connectivity index (χ0) is 15.5. The van der Waals surface area contributed by atoms with Crippen LogP contribution in [0.2, 0.25) is 0 Å². The summed E-state index contributed by atoms with van der Waals surface area (Å²) in [5.41, 5.74) is 0. The molecule has 8 heteroatoms. The van der Waals surface area contributed by atoms with E-state index >= 15 is 0 Å². The van der Waals surface area contributed by atoms with Crippen LogP contribution in [0.4, 0.5) is 0 Å². The molecule has 0 radical (unpaired) electrons. The fraction of sp³-hybridized carbons (Fsp3) is 0.154. The predicted octanol–water partition coefficient (Wildman–Crippen LogP) is 3.00. The maximum atomic E-state index is 12.3. The first-order valence-corrected chi connectivity index (χ1v) is 9.07. The lowest BCUT2D eigenvalue weighted by molar-refractivity contribution is -0.137. The summed E-state index contributed by atoms with van der Waals surface area (Å²) in [6.45, 7) is 0. The van der Waals surface area contributed by atoms with E-state index in [4.69, 9.17) is 5.11 Å². The molecule has 0 aliphatic carbocycles. The molecule has 0 aliphatic rings. The molecule has 21 heavy (non-hydrogen) atoms. The highest BCUT2D eigenvalue weighted by atomic mass is 79.9. The van der Waals surface area contributed by atoms with Gasteiger partial charge in [0.25, 0.3) is 0 Å². The van der Waals surface area contributed by atoms with Gasteiger partial charge in [0.15, 0.2) is 0 Å². The lowest BCUT2D eigenvalue weighted by atomic mass is 10.2. The van der Waals surface area contributed by atoms with E-state index in [0.717, 1.165) is 4.47 Å². The third-order valence-electron chi connectivity index (χ3n) is 2.69. The molecule has 0 unspecified atom stereocenters. The van der Waals surface area contributed by atoms with E-state index in [0.29, 0.717) is 4.88 Å². The average molecular weight is 390 g/mol. The van der Waals surface area contributed by atoms with Gasteiger partial charge in [-0.15, -0.1) is 11.3 Å². The minimum atomic E-state index is -3.78. The Morgan fingerprint density at radius 2 is 1.95 bits per heavy atom. The molecule has 0 saturated heterocycles. The van der Waals surface area contributed by atoms with Crippen LogP contribution in [0.3, 0.4) is 0 Å². The van der Waals surface area contributed by atoms with Gasteiger partial charge in [-0.25, -0.2) is 13.1 Å². The summed E-state index contributed by atoms with van der Waals surface area (Å²) in [4.78, 5) is 11.7. The lowest BCUT2D eigenvalue weighted by Gasteiger charge is -2.15. The van der Waals surface area contributed by atoms with Crippen LogP contribution in [0.25, 0.3) is 0 Å². The number of benzene rings is 1. The largest absolute Gasteiger partial charge is 0.481 e. The van der Waals surface area contributed by atoms with Crippen LogP contribution in [-0.2, 0) is 14.8 Å². The van der Waals surface area contributed by atoms with Crippen molar-refractivity contribution in [2.75, 3.05) is 0 Å². The number of aliphatic carboxylic acids is 1. The Morgan fingerprint density at radius 3 is 2.48 bits per heavy atom. The highest BCUT2D eigenvalue weighted by molar-refractivity contribution is 9.10. The molecule has 0 spiro atoms. The Balaban J connectivity index is 2.27. The molecule has 0 aliphatic heterocycles. The summed E-state index contributed by atoms with van der Waals surface area (Å²) in [6, 6.07) is 8.83. The summed E-state index contributed by atoms with van der Waals surface area (Å²) < 4.78 is 27.8. The minimum Gasteiger partial charge on any atom is -0.481 e. The summed E-state index contributed by atoms with van der Waals surface area (Å²) in [5, 5.41) is 10.7. The third kappa shape index (κ3) is 4.37. The van der Waals surface area contributed by atoms with Crippen LogP contribution in [0.5, 0.6) is 0 Å². The summed E-state index contributed by atoms with van der Waals surface area (Å²) in [5.74, 6) is -1.06. The van der Waals surface area contributed by atoms with Gasteiger partial charge in [-0.3, -0.25) is 4.79 Å². The van der Waals surface area contributed by atoms with Crippen LogP contribution in [0.15, 0.2) is 51.1 Å². The normalized spacial score (nSPS) is 13.0. The second kappa shape index (κ2) is 6.69. The number of thiophene rings is 1. The standard InChI is InChI=1S/C13H12BrNO4S2/c14-9-3-5-10(6-4-9)21(18,19)15-11(8-13(16)17)12-2-1-7-20-12/h1-7,11,15H,8H2,(H,16,17)/t11-/m1/s1. The Morgan fingerprint density at radius 1 is 1.29 bits per heavy atom. The molecule has 1 aromatic carbocycles. The van der Waals surface area contributed by atoms with Gasteiger partial charge in [-0.05, 0) is 35.7 Å². The van der Waals surface area contributed by atoms with E-state index in [1.807, 2.05) is 0 Å². The van der Waals surface area contributed by atoms with Crippen molar-refractivity contribution in [1.82, 2.24) is 4.72 Å². The van der Waals surface area contributed by atoms with Crippen LogP contribution in [0.1, 0.15) is 17.3 Å². The minimum absolute atomic E-state index is 0.0950. The highest BCUT2D eigenvalue weighted by Crippen LogP contribution is 2.25. The fourth-order valence-electron chi connectivity index (χ4n) is 1.73. The molecular formula is C13H12BrNO4S2. The number of halogens is 1. The van der Waals surface area contributed by atoms with Crippen molar-refractivity contribution in [1.29, 1.82) is 0 Å². The van der Waals surface area contributed by atoms with Crippen molar-refractivity contribution in [3.63, 3.8) is 0 Å². The highest BCUT2D eigenvalue weighted by Gasteiger charge is 2.24. The number of hydrogen-bond acceptors (Lipinski definition) is 4. The van der Waals surface area contributed by atoms with Crippen molar-refractivity contribution in [2.45, 2.75) is 17.4 Å². The van der Waals surface area contributed by atoms with Gasteiger partial charge in [0.05, 0.1) is 17.4 Å². The Labute approximate surface area is 134 Å². The fourth-order valence-corrected chi connectivity index (χ4v) is 4.07. The van der Waals surface area contributed by atoms with Gasteiger partial charge in [-0.2, -0.15) is 0 Å². The second-order valence-corrected chi connectivity index (χ2v) is 7.85. The van der Waals surface area contributed by atoms with Gasteiger partial charge >= 0.3 is 5.97 Å². The maximum Gasteiger partial charge on any atom is 0.305 e. The number of carbonyl (C=O) groups is 1. The molecule has 1 aromatic heterocycles. The predicted molar refractivity (Wildman–Crippen MR) is 83.8 cm³/mol. The van der Waals surface area contributed by atoms with Gasteiger partial charge in [0.2, 0.25) is 10.0 Å². The molecule has 2 rings (SSSR count). The molecule has 0 fully saturated rings. The molecule has 5 nitrogen and oxygen atoms in total. The topological polar surface area (TPSA) is 83.5 Å². The number of carboxylic acids is 1. The van der Waals surface area contributed by atoms with Crippen LogP contribution in [-0.4, -0.2) is 19.5 Å². The van der Waals surface area contributed by atoms with E-state index < -0.39 is 22.0 Å². The van der Waals surface area contributed by atoms with Crippen LogP contribution < -0.4 is 4.72 Å². The summed E-state index contributed by atoms with van der Waals surface area (Å²) in [7, 11) is -3.78. The average Bonchev–Trinajstić information content (AvgIpc) is 2.91. The number of hydrogen-bond donors (Lipinski definition) is 2. The van der Waals surface area contributed by atoms with Gasteiger partial charge in [0.1, 0.15) is 0 Å².